The van der Waals surface area contributed by atoms with Gasteiger partial charge in [0.05, 0.1) is 23.8 Å². The second-order valence-corrected chi connectivity index (χ2v) is 12.4. The Balaban J connectivity index is 0.000000374. The van der Waals surface area contributed by atoms with Gasteiger partial charge in [-0.3, -0.25) is 9.35 Å². The number of benzene rings is 1. The number of hydrogen-bond donors (Lipinski definition) is 3. The number of ether oxygens (including phenoxy) is 1. The van der Waals surface area contributed by atoms with Crippen LogP contribution in [0, 0.1) is 6.92 Å². The van der Waals surface area contributed by atoms with Gasteiger partial charge in [0.2, 0.25) is 0 Å². The number of anilines is 1. The highest BCUT2D eigenvalue weighted by molar-refractivity contribution is 7.85. The van der Waals surface area contributed by atoms with Crippen LogP contribution in [0.25, 0.3) is 16.2 Å². The lowest BCUT2D eigenvalue weighted by Crippen LogP contribution is -2.46. The molecule has 5 rings (SSSR count). The Morgan fingerprint density at radius 1 is 1.18 bits per heavy atom. The first kappa shape index (κ1) is 34.4. The van der Waals surface area contributed by atoms with Crippen molar-refractivity contribution in [1.29, 1.82) is 0 Å². The van der Waals surface area contributed by atoms with Gasteiger partial charge >= 0.3 is 6.09 Å². The summed E-state index contributed by atoms with van der Waals surface area (Å²) in [5.41, 5.74) is 2.09. The summed E-state index contributed by atoms with van der Waals surface area (Å²) in [6, 6.07) is 7.90. The number of carbonyl (C=O) groups excluding carboxylic acids is 2. The van der Waals surface area contributed by atoms with Crippen molar-refractivity contribution in [3.05, 3.63) is 59.4 Å². The third-order valence-electron chi connectivity index (χ3n) is 6.93. The molecule has 5 N–H and O–H groups in total. The van der Waals surface area contributed by atoms with Crippen molar-refractivity contribution in [2.45, 2.75) is 57.0 Å². The second kappa shape index (κ2) is 15.1. The van der Waals surface area contributed by atoms with Gasteiger partial charge in [-0.1, -0.05) is 24.6 Å². The second-order valence-electron chi connectivity index (χ2n) is 10.1. The number of likely N-dealkylation sites (tertiary alicyclic amines) is 1. The van der Waals surface area contributed by atoms with Gasteiger partial charge in [0.25, 0.3) is 16.0 Å². The maximum atomic E-state index is 13.3. The lowest BCUT2D eigenvalue weighted by Gasteiger charge is -2.32. The number of piperidine rings is 1. The van der Waals surface area contributed by atoms with E-state index in [0.29, 0.717) is 43.3 Å². The van der Waals surface area contributed by atoms with E-state index in [1.165, 1.54) is 19.2 Å². The Morgan fingerprint density at radius 2 is 1.86 bits per heavy atom. The lowest BCUT2D eigenvalue weighted by molar-refractivity contribution is 0.0698. The molecule has 0 unspecified atom stereocenters. The molecule has 1 saturated heterocycles. The number of thiazole rings is 1. The molecule has 0 aliphatic carbocycles. The molecule has 2 amide bonds. The Hall–Kier alpha value is -4.12. The van der Waals surface area contributed by atoms with E-state index in [-0.39, 0.29) is 28.4 Å². The molecule has 0 spiro atoms. The third-order valence-corrected chi connectivity index (χ3v) is 8.69. The van der Waals surface area contributed by atoms with Crippen molar-refractivity contribution in [1.82, 2.24) is 29.8 Å². The molecular formula is C28H37N7O7S2. The Morgan fingerprint density at radius 3 is 2.48 bits per heavy atom. The van der Waals surface area contributed by atoms with Crippen LogP contribution in [0.2, 0.25) is 0 Å². The van der Waals surface area contributed by atoms with Gasteiger partial charge in [-0.2, -0.15) is 13.5 Å². The number of nitrogens with one attached hydrogen (secondary N) is 2. The molecule has 4 aromatic rings. The Kier molecular flexibility index (Phi) is 11.8. The molecule has 1 atom stereocenters. The van der Waals surface area contributed by atoms with Crippen LogP contribution in [0.15, 0.2) is 53.0 Å². The summed E-state index contributed by atoms with van der Waals surface area (Å²) < 4.78 is 36.0. The number of hydrogen-bond acceptors (Lipinski definition) is 10. The molecule has 3 aromatic heterocycles. The van der Waals surface area contributed by atoms with E-state index in [9.17, 15) is 18.0 Å². The van der Waals surface area contributed by atoms with Gasteiger partial charge in [0.1, 0.15) is 16.3 Å². The van der Waals surface area contributed by atoms with Gasteiger partial charge in [-0.25, -0.2) is 19.3 Å². The molecule has 0 saturated carbocycles. The number of nitrogens with zero attached hydrogens (tertiary/aromatic N) is 5. The van der Waals surface area contributed by atoms with Crippen LogP contribution >= 0.6 is 11.3 Å². The van der Waals surface area contributed by atoms with Crippen molar-refractivity contribution in [3.8, 4) is 11.4 Å². The maximum absolute atomic E-state index is 13.3. The number of carbonyl (C=O) groups is 2. The van der Waals surface area contributed by atoms with Crippen LogP contribution in [-0.4, -0.2) is 87.2 Å². The van der Waals surface area contributed by atoms with Crippen molar-refractivity contribution < 1.29 is 32.8 Å². The summed E-state index contributed by atoms with van der Waals surface area (Å²) in [6.45, 7) is 7.06. The number of alkyl carbamates (subject to hydrolysis) is 1. The van der Waals surface area contributed by atoms with Gasteiger partial charge in [0, 0.05) is 42.8 Å². The third kappa shape index (κ3) is 8.72. The maximum Gasteiger partial charge on any atom is 0.407 e. The zero-order valence-electron chi connectivity index (χ0n) is 24.9. The fourth-order valence-corrected chi connectivity index (χ4v) is 5.58. The average Bonchev–Trinajstić information content (AvgIpc) is 3.61. The van der Waals surface area contributed by atoms with Crippen LogP contribution in [0.1, 0.15) is 49.2 Å². The SMILES string of the molecule is CC[C@H](C)Nc1cc(C(=O)N2CCC(NC(=O)OC)CC2)nc(-c2cnn3ccsc23)n1.Cc1ccc(S(=O)(=O)O)cc1.O. The van der Waals surface area contributed by atoms with E-state index >= 15 is 0 Å². The Labute approximate surface area is 259 Å². The summed E-state index contributed by atoms with van der Waals surface area (Å²) in [7, 11) is -2.68. The van der Waals surface area contributed by atoms with E-state index in [2.05, 4.69) is 44.3 Å². The predicted octanol–water partition coefficient (Wildman–Crippen LogP) is 3.44. The highest BCUT2D eigenvalue weighted by atomic mass is 32.2. The van der Waals surface area contributed by atoms with Crippen LogP contribution < -0.4 is 10.6 Å². The van der Waals surface area contributed by atoms with Crippen molar-refractivity contribution in [2.24, 2.45) is 0 Å². The smallest absolute Gasteiger partial charge is 0.407 e. The number of aromatic nitrogens is 4. The topological polar surface area (TPSA) is 200 Å². The fraction of sp³-hybridized carbons (Fsp3) is 0.393. The Bertz CT molecular complexity index is 1670. The number of rotatable bonds is 7. The molecule has 14 nitrogen and oxygen atoms in total. The molecule has 16 heteroatoms. The number of fused-ring (bicyclic) bond motifs is 1. The number of aryl methyl sites for hydroxylation is 1. The number of methoxy groups -OCH3 is 1. The van der Waals surface area contributed by atoms with E-state index < -0.39 is 16.2 Å². The highest BCUT2D eigenvalue weighted by Crippen LogP contribution is 2.27. The minimum absolute atomic E-state index is 0. The first-order valence-electron chi connectivity index (χ1n) is 13.7. The molecule has 0 radical (unpaired) electrons. The minimum atomic E-state index is -4.02. The molecule has 1 aliphatic heterocycles. The van der Waals surface area contributed by atoms with Crippen molar-refractivity contribution >= 4 is 44.1 Å². The van der Waals surface area contributed by atoms with Gasteiger partial charge in [0.15, 0.2) is 5.82 Å². The fourth-order valence-electron chi connectivity index (χ4n) is 4.31. The molecule has 238 valence electrons. The molecule has 44 heavy (non-hydrogen) atoms. The highest BCUT2D eigenvalue weighted by Gasteiger charge is 2.27. The quantitative estimate of drug-likeness (QED) is 0.250. The normalized spacial score (nSPS) is 14.2. The van der Waals surface area contributed by atoms with E-state index in [1.54, 1.807) is 45.1 Å². The number of amides is 2. The summed E-state index contributed by atoms with van der Waals surface area (Å²) in [4.78, 5) is 36.7. The van der Waals surface area contributed by atoms with Crippen LogP contribution in [0.5, 0.6) is 0 Å². The zero-order valence-corrected chi connectivity index (χ0v) is 26.5. The molecule has 1 fully saturated rings. The van der Waals surface area contributed by atoms with Gasteiger partial charge in [-0.15, -0.1) is 11.3 Å². The summed E-state index contributed by atoms with van der Waals surface area (Å²) >= 11 is 1.55. The molecule has 1 aliphatic rings. The van der Waals surface area contributed by atoms with Crippen LogP contribution in [0.3, 0.4) is 0 Å². The van der Waals surface area contributed by atoms with Crippen molar-refractivity contribution in [3.63, 3.8) is 0 Å². The summed E-state index contributed by atoms with van der Waals surface area (Å²) in [6.07, 6.45) is 5.41. The first-order chi connectivity index (χ1) is 20.5. The minimum Gasteiger partial charge on any atom is -0.453 e. The molecule has 4 heterocycles. The standard InChI is InChI=1S/C21H27N7O3S.C7H8O3S.H2O/c1-4-13(2)23-17-11-16(19(29)27-7-5-14(6-8-27)24-21(30)31-3)25-18(26-17)15-12-22-28-9-10-32-20(15)28;1-6-2-4-7(5-3-6)11(8,9)10;/h9-14H,4-8H2,1-3H3,(H,24,30)(H,23,25,26);2-5H,1H3,(H,8,9,10);1H2/t13-;;/m0../s1. The lowest BCUT2D eigenvalue weighted by atomic mass is 10.0. The van der Waals surface area contributed by atoms with Gasteiger partial charge < -0.3 is 25.7 Å². The van der Waals surface area contributed by atoms with E-state index in [1.807, 2.05) is 18.5 Å². The molecule has 1 aromatic carbocycles. The van der Waals surface area contributed by atoms with Gasteiger partial charge in [-0.05, 0) is 45.2 Å². The van der Waals surface area contributed by atoms with Crippen molar-refractivity contribution in [2.75, 3.05) is 25.5 Å². The first-order valence-corrected chi connectivity index (χ1v) is 16.0. The van der Waals surface area contributed by atoms with Crippen LogP contribution in [0.4, 0.5) is 10.6 Å². The largest absolute Gasteiger partial charge is 0.453 e. The molecule has 0 bridgehead atoms. The summed E-state index contributed by atoms with van der Waals surface area (Å²) in [5, 5.41) is 12.5. The molecular weight excluding hydrogens is 610 g/mol. The van der Waals surface area contributed by atoms with Crippen LogP contribution in [-0.2, 0) is 14.9 Å². The van der Waals surface area contributed by atoms with E-state index in [4.69, 9.17) is 4.55 Å². The predicted molar refractivity (Wildman–Crippen MR) is 167 cm³/mol. The monoisotopic (exact) mass is 647 g/mol. The summed E-state index contributed by atoms with van der Waals surface area (Å²) in [5.74, 6) is 0.944. The zero-order chi connectivity index (χ0) is 31.1. The average molecular weight is 648 g/mol. The van der Waals surface area contributed by atoms with E-state index in [0.717, 1.165) is 22.4 Å².